The van der Waals surface area contributed by atoms with Gasteiger partial charge < -0.3 is 15.1 Å². The lowest BCUT2D eigenvalue weighted by atomic mass is 9.85. The fourth-order valence-electron chi connectivity index (χ4n) is 8.69. The number of nitrogens with one attached hydrogen (secondary N) is 2. The quantitative estimate of drug-likeness (QED) is 0.202. The zero-order chi connectivity index (χ0) is 38.5. The van der Waals surface area contributed by atoms with Crippen LogP contribution < -0.4 is 21.2 Å². The Morgan fingerprint density at radius 2 is 1.82 bits per heavy atom. The number of halogens is 3. The van der Waals surface area contributed by atoms with Crippen molar-refractivity contribution in [2.75, 3.05) is 36.9 Å². The smallest absolute Gasteiger partial charge is 0.329 e. The highest BCUT2D eigenvalue weighted by Crippen LogP contribution is 2.37. The van der Waals surface area contributed by atoms with Crippen LogP contribution in [0.25, 0.3) is 16.7 Å². The Kier molecular flexibility index (Phi) is 9.92. The van der Waals surface area contributed by atoms with Crippen molar-refractivity contribution in [1.29, 1.82) is 0 Å². The number of fused-ring (bicyclic) bond motifs is 2. The highest BCUT2D eigenvalue weighted by atomic mass is 35.5. The maximum absolute atomic E-state index is 14.1. The molecule has 0 bridgehead atoms. The van der Waals surface area contributed by atoms with Gasteiger partial charge in [-0.2, -0.15) is 10.2 Å². The minimum atomic E-state index is -2.89. The topological polar surface area (TPSA) is 157 Å². The number of aromatic nitrogens is 7. The molecule has 1 saturated carbocycles. The van der Waals surface area contributed by atoms with Gasteiger partial charge in [0, 0.05) is 57.7 Å². The summed E-state index contributed by atoms with van der Waals surface area (Å²) >= 11 is 6.21. The molecule has 18 heteroatoms. The van der Waals surface area contributed by atoms with E-state index in [0.717, 1.165) is 69.4 Å². The molecule has 1 aliphatic carbocycles. The fourth-order valence-corrected chi connectivity index (χ4v) is 8.94. The summed E-state index contributed by atoms with van der Waals surface area (Å²) in [6.07, 6.45) is 7.44. The van der Waals surface area contributed by atoms with Crippen LogP contribution in [0.1, 0.15) is 85.9 Å². The number of piperidine rings is 2. The SMILES string of the molecule is CN(C[C@H]1CC[C@H](n2cc(NC(=O)c3c(Cl)nn4cccnc34)c(C(F)F)n2)CC1)C1CCN(c2cccc3c2n(C)c(=O)n3C2CCC(=O)NC2=O)CC1. The third-order valence-electron chi connectivity index (χ3n) is 11.6. The van der Waals surface area contributed by atoms with E-state index in [9.17, 15) is 28.0 Å². The van der Waals surface area contributed by atoms with Crippen molar-refractivity contribution in [3.63, 3.8) is 0 Å². The standard InChI is InChI=1S/C37H42ClF2N11O4/c1-46(22-13-17-48(18-14-22)25-5-3-6-26-31(25)47(2)37(55)51(26)27-11-12-28(52)43-35(27)53)19-21-7-9-23(10-8-21)50-20-24(30(44-50)33(39)40)42-36(54)29-32(38)45-49-16-4-15-41-34(29)49/h3-6,15-16,20-23,27,33H,7-14,17-19H2,1-2H3,(H,42,54)(H,43,52,53)/t21-,23-,27?. The summed E-state index contributed by atoms with van der Waals surface area (Å²) in [5.74, 6) is -1.01. The molecule has 0 spiro atoms. The molecule has 5 aromatic rings. The van der Waals surface area contributed by atoms with E-state index in [1.54, 1.807) is 28.6 Å². The van der Waals surface area contributed by atoms with E-state index in [0.29, 0.717) is 17.5 Å². The molecular weight excluding hydrogens is 736 g/mol. The number of rotatable bonds is 9. The van der Waals surface area contributed by atoms with E-state index in [2.05, 4.69) is 42.7 Å². The molecule has 15 nitrogen and oxygen atoms in total. The molecule has 3 aliphatic rings. The number of anilines is 2. The lowest BCUT2D eigenvalue weighted by Gasteiger charge is -2.40. The third-order valence-corrected chi connectivity index (χ3v) is 11.8. The minimum Gasteiger partial charge on any atom is -0.370 e. The van der Waals surface area contributed by atoms with Gasteiger partial charge in [0.15, 0.2) is 16.5 Å². The molecule has 8 rings (SSSR count). The summed E-state index contributed by atoms with van der Waals surface area (Å²) in [5.41, 5.74) is 1.79. The van der Waals surface area contributed by atoms with Gasteiger partial charge in [0.2, 0.25) is 11.8 Å². The number of hydrogen-bond acceptors (Lipinski definition) is 9. The number of nitrogens with zero attached hydrogens (tertiary/aromatic N) is 9. The second kappa shape index (κ2) is 14.8. The summed E-state index contributed by atoms with van der Waals surface area (Å²) in [7, 11) is 3.89. The number of carbonyl (C=O) groups is 3. The molecule has 6 heterocycles. The second-order valence-electron chi connectivity index (χ2n) is 14.9. The lowest BCUT2D eigenvalue weighted by Crippen LogP contribution is -2.45. The molecule has 1 aromatic carbocycles. The maximum Gasteiger partial charge on any atom is 0.329 e. The average molecular weight is 778 g/mol. The molecule has 4 aromatic heterocycles. The van der Waals surface area contributed by atoms with Crippen LogP contribution in [-0.4, -0.2) is 88.9 Å². The lowest BCUT2D eigenvalue weighted by molar-refractivity contribution is -0.135. The number of amides is 3. The van der Waals surface area contributed by atoms with Crippen LogP contribution in [0, 0.1) is 5.92 Å². The number of aryl methyl sites for hydroxylation is 1. The van der Waals surface area contributed by atoms with Gasteiger partial charge in [-0.05, 0) is 76.1 Å². The summed E-state index contributed by atoms with van der Waals surface area (Å²) in [6.45, 7) is 2.54. The van der Waals surface area contributed by atoms with Crippen LogP contribution in [0.3, 0.4) is 0 Å². The Bertz CT molecular complexity index is 2340. The largest absolute Gasteiger partial charge is 0.370 e. The van der Waals surface area contributed by atoms with Gasteiger partial charge in [-0.3, -0.25) is 33.5 Å². The van der Waals surface area contributed by atoms with Gasteiger partial charge >= 0.3 is 5.69 Å². The average Bonchev–Trinajstić information content (AvgIpc) is 3.83. The molecule has 1 unspecified atom stereocenters. The zero-order valence-corrected chi connectivity index (χ0v) is 31.3. The van der Waals surface area contributed by atoms with Gasteiger partial charge in [-0.15, -0.1) is 0 Å². The minimum absolute atomic E-state index is 0.00317. The first kappa shape index (κ1) is 36.8. The normalized spacial score (nSPS) is 21.3. The van der Waals surface area contributed by atoms with E-state index in [-0.39, 0.29) is 52.5 Å². The number of carbonyl (C=O) groups excluding carboxylic acids is 3. The van der Waals surface area contributed by atoms with Gasteiger partial charge in [-0.25, -0.2) is 23.1 Å². The molecule has 290 valence electrons. The Labute approximate surface area is 319 Å². The number of benzene rings is 1. The molecule has 2 saturated heterocycles. The molecule has 2 N–H and O–H groups in total. The number of imidazole rings is 1. The van der Waals surface area contributed by atoms with Gasteiger partial charge in [-0.1, -0.05) is 17.7 Å². The first-order chi connectivity index (χ1) is 26.5. The molecule has 55 heavy (non-hydrogen) atoms. The summed E-state index contributed by atoms with van der Waals surface area (Å²) in [6, 6.07) is 7.02. The first-order valence-corrected chi connectivity index (χ1v) is 19.0. The fraction of sp³-hybridized carbons (Fsp3) is 0.486. The monoisotopic (exact) mass is 777 g/mol. The van der Waals surface area contributed by atoms with Crippen LogP contribution in [0.5, 0.6) is 0 Å². The Balaban J connectivity index is 0.872. The number of alkyl halides is 2. The summed E-state index contributed by atoms with van der Waals surface area (Å²) in [4.78, 5) is 60.0. The second-order valence-corrected chi connectivity index (χ2v) is 15.2. The Morgan fingerprint density at radius 1 is 1.05 bits per heavy atom. The highest BCUT2D eigenvalue weighted by Gasteiger charge is 2.34. The van der Waals surface area contributed by atoms with E-state index in [1.807, 2.05) is 18.2 Å². The van der Waals surface area contributed by atoms with E-state index >= 15 is 0 Å². The van der Waals surface area contributed by atoms with Gasteiger partial charge in [0.25, 0.3) is 12.3 Å². The first-order valence-electron chi connectivity index (χ1n) is 18.6. The molecule has 1 atom stereocenters. The summed E-state index contributed by atoms with van der Waals surface area (Å²) < 4.78 is 34.3. The van der Waals surface area contributed by atoms with Crippen LogP contribution in [0.4, 0.5) is 20.2 Å². The van der Waals surface area contributed by atoms with Crippen LogP contribution in [-0.2, 0) is 16.6 Å². The Morgan fingerprint density at radius 3 is 2.55 bits per heavy atom. The van der Waals surface area contributed by atoms with Crippen molar-refractivity contribution < 1.29 is 23.2 Å². The number of imide groups is 1. The molecule has 2 aliphatic heterocycles. The predicted octanol–water partition coefficient (Wildman–Crippen LogP) is 4.73. The number of para-hydroxylation sites is 1. The zero-order valence-electron chi connectivity index (χ0n) is 30.5. The van der Waals surface area contributed by atoms with Crippen LogP contribution in [0.2, 0.25) is 5.15 Å². The van der Waals surface area contributed by atoms with Gasteiger partial charge in [0.1, 0.15) is 11.6 Å². The maximum atomic E-state index is 14.1. The van der Waals surface area contributed by atoms with E-state index in [4.69, 9.17) is 11.6 Å². The van der Waals surface area contributed by atoms with Crippen LogP contribution >= 0.6 is 11.6 Å². The van der Waals surface area contributed by atoms with Gasteiger partial charge in [0.05, 0.1) is 28.5 Å². The molecule has 0 radical (unpaired) electrons. The van der Waals surface area contributed by atoms with Crippen molar-refractivity contribution in [3.05, 3.63) is 69.8 Å². The summed E-state index contributed by atoms with van der Waals surface area (Å²) in [5, 5.41) is 13.2. The van der Waals surface area contributed by atoms with Crippen molar-refractivity contribution in [3.8, 4) is 0 Å². The molecule has 3 amide bonds. The van der Waals surface area contributed by atoms with Crippen molar-refractivity contribution >= 4 is 57.4 Å². The number of hydrogen-bond donors (Lipinski definition) is 2. The molecular formula is C37H42ClF2N11O4. The van der Waals surface area contributed by atoms with Crippen molar-refractivity contribution in [2.24, 2.45) is 13.0 Å². The van der Waals surface area contributed by atoms with Crippen molar-refractivity contribution in [1.82, 2.24) is 43.7 Å². The highest BCUT2D eigenvalue weighted by molar-refractivity contribution is 6.34. The Hall–Kier alpha value is -5.16. The van der Waals surface area contributed by atoms with Crippen LogP contribution in [0.15, 0.2) is 47.7 Å². The third kappa shape index (κ3) is 6.88. The molecule has 3 fully saturated rings. The van der Waals surface area contributed by atoms with E-state index < -0.39 is 30.0 Å². The van der Waals surface area contributed by atoms with Crippen molar-refractivity contribution in [2.45, 2.75) is 75.9 Å². The van der Waals surface area contributed by atoms with E-state index in [1.165, 1.54) is 21.5 Å². The predicted molar refractivity (Wildman–Crippen MR) is 201 cm³/mol.